The van der Waals surface area contributed by atoms with E-state index < -0.39 is 0 Å². The van der Waals surface area contributed by atoms with Gasteiger partial charge in [-0.25, -0.2) is 0 Å². The Kier molecular flexibility index (Phi) is 4.35. The zero-order chi connectivity index (χ0) is 11.3. The summed E-state index contributed by atoms with van der Waals surface area (Å²) in [5.74, 6) is 0.549. The van der Waals surface area contributed by atoms with Gasteiger partial charge in [0.1, 0.15) is 5.78 Å². The molecule has 0 amide bonds. The van der Waals surface area contributed by atoms with Gasteiger partial charge in [0, 0.05) is 18.0 Å². The maximum Gasteiger partial charge on any atom is 0.136 e. The number of anilines is 1. The summed E-state index contributed by atoms with van der Waals surface area (Å²) in [6, 6.07) is 7.73. The number of hydrogen-bond donors (Lipinski definition) is 1. The Balaban J connectivity index is 2.43. The molecule has 0 saturated heterocycles. The molecule has 0 radical (unpaired) electrons. The quantitative estimate of drug-likeness (QED) is 0.751. The molecular formula is C13H19NO. The van der Waals surface area contributed by atoms with E-state index in [0.717, 1.165) is 18.5 Å². The van der Waals surface area contributed by atoms with Crippen LogP contribution in [0.25, 0.3) is 0 Å². The minimum atomic E-state index is 0.193. The third kappa shape index (κ3) is 3.74. The first-order valence-electron chi connectivity index (χ1n) is 5.50. The summed E-state index contributed by atoms with van der Waals surface area (Å²) in [6.07, 6.45) is 2.39. The largest absolute Gasteiger partial charge is 0.399 e. The molecule has 0 aromatic heterocycles. The van der Waals surface area contributed by atoms with E-state index in [9.17, 15) is 4.79 Å². The number of carbonyl (C=O) groups is 1. The number of nitrogens with two attached hydrogens (primary N) is 1. The van der Waals surface area contributed by atoms with E-state index in [1.807, 2.05) is 38.1 Å². The summed E-state index contributed by atoms with van der Waals surface area (Å²) in [5, 5.41) is 0. The smallest absolute Gasteiger partial charge is 0.136 e. The molecule has 1 rings (SSSR count). The van der Waals surface area contributed by atoms with Crippen LogP contribution >= 0.6 is 0 Å². The van der Waals surface area contributed by atoms with Gasteiger partial charge in [-0.1, -0.05) is 26.0 Å². The molecule has 0 bridgehead atoms. The fourth-order valence-corrected chi connectivity index (χ4v) is 1.43. The van der Waals surface area contributed by atoms with Gasteiger partial charge in [0.05, 0.1) is 0 Å². The van der Waals surface area contributed by atoms with Crippen molar-refractivity contribution in [1.29, 1.82) is 0 Å². The number of carbonyl (C=O) groups excluding carboxylic acids is 1. The fraction of sp³-hybridized carbons (Fsp3) is 0.462. The van der Waals surface area contributed by atoms with Crippen molar-refractivity contribution in [2.24, 2.45) is 5.92 Å². The van der Waals surface area contributed by atoms with Crippen molar-refractivity contribution in [1.82, 2.24) is 0 Å². The van der Waals surface area contributed by atoms with Gasteiger partial charge in [-0.2, -0.15) is 0 Å². The van der Waals surface area contributed by atoms with E-state index in [-0.39, 0.29) is 5.92 Å². The molecule has 0 aliphatic heterocycles. The second-order valence-corrected chi connectivity index (χ2v) is 4.02. The Morgan fingerprint density at radius 2 is 1.93 bits per heavy atom. The van der Waals surface area contributed by atoms with Crippen LogP contribution in [-0.4, -0.2) is 5.78 Å². The van der Waals surface area contributed by atoms with Crippen LogP contribution < -0.4 is 5.73 Å². The van der Waals surface area contributed by atoms with E-state index >= 15 is 0 Å². The van der Waals surface area contributed by atoms with Crippen LogP contribution in [0, 0.1) is 5.92 Å². The molecule has 0 aliphatic carbocycles. The predicted octanol–water partition coefficient (Wildman–Crippen LogP) is 2.82. The Labute approximate surface area is 91.5 Å². The summed E-state index contributed by atoms with van der Waals surface area (Å²) in [7, 11) is 0. The van der Waals surface area contributed by atoms with Crippen LogP contribution in [0.1, 0.15) is 32.3 Å². The number of rotatable bonds is 5. The molecule has 0 spiro atoms. The molecule has 2 N–H and O–H groups in total. The summed E-state index contributed by atoms with van der Waals surface area (Å²) >= 11 is 0. The molecule has 0 aliphatic rings. The van der Waals surface area contributed by atoms with E-state index in [0.29, 0.717) is 12.2 Å². The Morgan fingerprint density at radius 1 is 1.33 bits per heavy atom. The summed E-state index contributed by atoms with van der Waals surface area (Å²) in [5.41, 5.74) is 7.54. The van der Waals surface area contributed by atoms with Gasteiger partial charge in [-0.3, -0.25) is 4.79 Å². The summed E-state index contributed by atoms with van der Waals surface area (Å²) in [4.78, 5) is 11.6. The van der Waals surface area contributed by atoms with Crippen LogP contribution in [0.3, 0.4) is 0 Å². The van der Waals surface area contributed by atoms with Crippen molar-refractivity contribution in [3.8, 4) is 0 Å². The normalized spacial score (nSPS) is 12.4. The van der Waals surface area contributed by atoms with E-state index in [2.05, 4.69) is 0 Å². The Hall–Kier alpha value is -1.31. The molecule has 0 saturated carbocycles. The molecule has 1 aromatic rings. The number of Topliss-reactive ketones (excluding diaryl/α,β-unsaturated/α-hetero) is 1. The lowest BCUT2D eigenvalue weighted by molar-refractivity contribution is -0.122. The van der Waals surface area contributed by atoms with Gasteiger partial charge >= 0.3 is 0 Å². The van der Waals surface area contributed by atoms with Crippen molar-refractivity contribution in [2.75, 3.05) is 5.73 Å². The molecular weight excluding hydrogens is 186 g/mol. The molecule has 15 heavy (non-hydrogen) atoms. The highest BCUT2D eigenvalue weighted by Gasteiger charge is 2.09. The first kappa shape index (κ1) is 11.8. The van der Waals surface area contributed by atoms with Crippen molar-refractivity contribution in [2.45, 2.75) is 33.1 Å². The summed E-state index contributed by atoms with van der Waals surface area (Å²) < 4.78 is 0. The van der Waals surface area contributed by atoms with Crippen molar-refractivity contribution < 1.29 is 4.79 Å². The standard InChI is InChI=1S/C13H19NO/c1-3-10(2)13(15)9-6-11-4-7-12(14)8-5-11/h4-5,7-8,10H,3,6,9,14H2,1-2H3. The number of nitrogen functional groups attached to an aromatic ring is 1. The van der Waals surface area contributed by atoms with Crippen LogP contribution in [0.15, 0.2) is 24.3 Å². The minimum absolute atomic E-state index is 0.193. The van der Waals surface area contributed by atoms with Crippen LogP contribution in [0.4, 0.5) is 5.69 Å². The molecule has 1 atom stereocenters. The molecule has 2 nitrogen and oxygen atoms in total. The lowest BCUT2D eigenvalue weighted by Crippen LogP contribution is -2.10. The van der Waals surface area contributed by atoms with Crippen LogP contribution in [-0.2, 0) is 11.2 Å². The van der Waals surface area contributed by atoms with Crippen molar-refractivity contribution >= 4 is 11.5 Å². The third-order valence-corrected chi connectivity index (χ3v) is 2.80. The number of hydrogen-bond acceptors (Lipinski definition) is 2. The van der Waals surface area contributed by atoms with Gasteiger partial charge < -0.3 is 5.73 Å². The van der Waals surface area contributed by atoms with Crippen LogP contribution in [0.5, 0.6) is 0 Å². The van der Waals surface area contributed by atoms with Gasteiger partial charge in [0.2, 0.25) is 0 Å². The maximum atomic E-state index is 11.6. The first-order valence-corrected chi connectivity index (χ1v) is 5.50. The third-order valence-electron chi connectivity index (χ3n) is 2.80. The zero-order valence-electron chi connectivity index (χ0n) is 9.49. The van der Waals surface area contributed by atoms with Gasteiger partial charge in [0.25, 0.3) is 0 Å². The van der Waals surface area contributed by atoms with Gasteiger partial charge in [-0.05, 0) is 30.5 Å². The lowest BCUT2D eigenvalue weighted by atomic mass is 9.97. The average molecular weight is 205 g/mol. The first-order chi connectivity index (χ1) is 7.13. The molecule has 1 unspecified atom stereocenters. The highest BCUT2D eigenvalue weighted by atomic mass is 16.1. The predicted molar refractivity (Wildman–Crippen MR) is 63.6 cm³/mol. The number of benzene rings is 1. The van der Waals surface area contributed by atoms with E-state index in [1.165, 1.54) is 5.56 Å². The SMILES string of the molecule is CCC(C)C(=O)CCc1ccc(N)cc1. The van der Waals surface area contributed by atoms with Crippen LogP contribution in [0.2, 0.25) is 0 Å². The minimum Gasteiger partial charge on any atom is -0.399 e. The molecule has 0 fully saturated rings. The van der Waals surface area contributed by atoms with E-state index in [4.69, 9.17) is 5.73 Å². The van der Waals surface area contributed by atoms with E-state index in [1.54, 1.807) is 0 Å². The molecule has 82 valence electrons. The van der Waals surface area contributed by atoms with Gasteiger partial charge in [0.15, 0.2) is 0 Å². The maximum absolute atomic E-state index is 11.6. The summed E-state index contributed by atoms with van der Waals surface area (Å²) in [6.45, 7) is 4.04. The Morgan fingerprint density at radius 3 is 2.47 bits per heavy atom. The topological polar surface area (TPSA) is 43.1 Å². The van der Waals surface area contributed by atoms with Crippen molar-refractivity contribution in [3.63, 3.8) is 0 Å². The highest BCUT2D eigenvalue weighted by molar-refractivity contribution is 5.80. The highest BCUT2D eigenvalue weighted by Crippen LogP contribution is 2.11. The van der Waals surface area contributed by atoms with Crippen molar-refractivity contribution in [3.05, 3.63) is 29.8 Å². The fourth-order valence-electron chi connectivity index (χ4n) is 1.43. The molecule has 2 heteroatoms. The lowest BCUT2D eigenvalue weighted by Gasteiger charge is -2.07. The molecule has 0 heterocycles. The average Bonchev–Trinajstić information content (AvgIpc) is 2.26. The second-order valence-electron chi connectivity index (χ2n) is 4.02. The molecule has 1 aromatic carbocycles. The Bertz CT molecular complexity index is 316. The monoisotopic (exact) mass is 205 g/mol. The second kappa shape index (κ2) is 5.54. The number of aryl methyl sites for hydroxylation is 1. The zero-order valence-corrected chi connectivity index (χ0v) is 9.49. The number of ketones is 1. The van der Waals surface area contributed by atoms with Gasteiger partial charge in [-0.15, -0.1) is 0 Å².